The lowest BCUT2D eigenvalue weighted by atomic mass is 10.3. The summed E-state index contributed by atoms with van der Waals surface area (Å²) in [7, 11) is 0. The smallest absolute Gasteiger partial charge is 0.295 e. The highest BCUT2D eigenvalue weighted by molar-refractivity contribution is 14.1. The molecule has 0 aliphatic rings. The molecule has 0 radical (unpaired) electrons. The van der Waals surface area contributed by atoms with Crippen molar-refractivity contribution in [1.82, 2.24) is 0 Å². The van der Waals surface area contributed by atoms with E-state index < -0.39 is 4.92 Å². The van der Waals surface area contributed by atoms with Crippen molar-refractivity contribution in [2.45, 2.75) is 6.92 Å². The molecule has 0 fully saturated rings. The second-order valence-corrected chi connectivity index (χ2v) is 3.26. The number of hydrogen-bond donors (Lipinski definition) is 0. The minimum Gasteiger partial charge on any atom is -0.618 e. The molecule has 5 nitrogen and oxygen atoms in total. The number of pyridine rings is 1. The minimum atomic E-state index is -0.505. The number of nitrogens with zero attached hydrogens (tertiary/aromatic N) is 2. The molecule has 1 aromatic rings. The summed E-state index contributed by atoms with van der Waals surface area (Å²) in [6.07, 6.45) is 1.13. The average molecular weight is 280 g/mol. The van der Waals surface area contributed by atoms with E-state index in [0.29, 0.717) is 14.0 Å². The lowest BCUT2D eigenvalue weighted by Crippen LogP contribution is -2.30. The van der Waals surface area contributed by atoms with Crippen molar-refractivity contribution in [3.8, 4) is 0 Å². The molecule has 0 aliphatic carbocycles. The lowest BCUT2D eigenvalue weighted by molar-refractivity contribution is -0.613. The van der Waals surface area contributed by atoms with E-state index in [1.807, 2.05) is 0 Å². The highest BCUT2D eigenvalue weighted by Crippen LogP contribution is 2.20. The van der Waals surface area contributed by atoms with Crippen molar-refractivity contribution in [3.63, 3.8) is 0 Å². The van der Waals surface area contributed by atoms with Crippen LogP contribution in [0, 0.1) is 25.8 Å². The van der Waals surface area contributed by atoms with E-state index in [2.05, 4.69) is 0 Å². The Hall–Kier alpha value is -0.920. The summed E-state index contributed by atoms with van der Waals surface area (Å²) < 4.78 is 0.990. The van der Waals surface area contributed by atoms with Crippen LogP contribution in [0.2, 0.25) is 0 Å². The zero-order valence-electron chi connectivity index (χ0n) is 6.15. The molecule has 0 aliphatic heterocycles. The van der Waals surface area contributed by atoms with Gasteiger partial charge in [0.15, 0.2) is 9.77 Å². The van der Waals surface area contributed by atoms with Crippen LogP contribution < -0.4 is 4.73 Å². The van der Waals surface area contributed by atoms with Crippen molar-refractivity contribution < 1.29 is 9.65 Å². The fourth-order valence-electron chi connectivity index (χ4n) is 0.746. The second kappa shape index (κ2) is 3.21. The van der Waals surface area contributed by atoms with Crippen LogP contribution in [-0.4, -0.2) is 4.92 Å². The molecule has 0 aromatic carbocycles. The second-order valence-electron chi connectivity index (χ2n) is 2.18. The van der Waals surface area contributed by atoms with Crippen molar-refractivity contribution in [3.05, 3.63) is 36.8 Å². The van der Waals surface area contributed by atoms with Crippen molar-refractivity contribution in [1.29, 1.82) is 0 Å². The Bertz CT molecular complexity index is 340. The normalized spacial score (nSPS) is 9.83. The minimum absolute atomic E-state index is 0.0276. The Balaban J connectivity index is 3.36. The third-order valence-electron chi connectivity index (χ3n) is 1.44. The maximum Gasteiger partial charge on any atom is 0.295 e. The molecule has 1 heterocycles. The van der Waals surface area contributed by atoms with Gasteiger partial charge in [-0.1, -0.05) is 0 Å². The van der Waals surface area contributed by atoms with E-state index in [0.717, 1.165) is 6.20 Å². The molecule has 6 heteroatoms. The fourth-order valence-corrected chi connectivity index (χ4v) is 1.36. The first-order valence-corrected chi connectivity index (χ1v) is 4.14. The van der Waals surface area contributed by atoms with Crippen LogP contribution >= 0.6 is 22.6 Å². The van der Waals surface area contributed by atoms with Crippen molar-refractivity contribution >= 4 is 28.3 Å². The summed E-state index contributed by atoms with van der Waals surface area (Å²) in [5, 5.41) is 21.3. The number of hydrogen-bond acceptors (Lipinski definition) is 3. The molecule has 12 heavy (non-hydrogen) atoms. The standard InChI is InChI=1S/C6H5IN2O3/c1-4-6(7)5(9(11)12)2-3-8(4)10/h2-3H,1H3. The van der Waals surface area contributed by atoms with Gasteiger partial charge in [-0.05, 0) is 22.6 Å². The Morgan fingerprint density at radius 3 is 2.75 bits per heavy atom. The quantitative estimate of drug-likeness (QED) is 0.254. The molecular weight excluding hydrogens is 275 g/mol. The lowest BCUT2D eigenvalue weighted by Gasteiger charge is -2.01. The van der Waals surface area contributed by atoms with Gasteiger partial charge in [0, 0.05) is 6.92 Å². The van der Waals surface area contributed by atoms with Gasteiger partial charge in [-0.25, -0.2) is 0 Å². The van der Waals surface area contributed by atoms with Gasteiger partial charge in [0.25, 0.3) is 5.69 Å². The van der Waals surface area contributed by atoms with Crippen LogP contribution in [0.3, 0.4) is 0 Å². The maximum atomic E-state index is 10.9. The predicted molar refractivity (Wildman–Crippen MR) is 49.5 cm³/mol. The Morgan fingerprint density at radius 2 is 2.25 bits per heavy atom. The molecule has 0 atom stereocenters. The topological polar surface area (TPSA) is 70.1 Å². The summed E-state index contributed by atoms with van der Waals surface area (Å²) in [6, 6.07) is 1.20. The molecule has 0 bridgehead atoms. The van der Waals surface area contributed by atoms with Gasteiger partial charge in [-0.2, -0.15) is 4.73 Å². The third-order valence-corrected chi connectivity index (χ3v) is 2.77. The molecule has 0 N–H and O–H groups in total. The maximum absolute atomic E-state index is 10.9. The Kier molecular flexibility index (Phi) is 2.46. The molecule has 0 amide bonds. The van der Waals surface area contributed by atoms with E-state index in [1.54, 1.807) is 29.5 Å². The zero-order valence-corrected chi connectivity index (χ0v) is 8.31. The van der Waals surface area contributed by atoms with Crippen molar-refractivity contribution in [2.24, 2.45) is 0 Å². The summed E-state index contributed by atoms with van der Waals surface area (Å²) in [4.78, 5) is 9.87. The molecule has 1 rings (SSSR count). The van der Waals surface area contributed by atoms with E-state index in [4.69, 9.17) is 0 Å². The molecule has 0 saturated heterocycles. The molecule has 1 aromatic heterocycles. The van der Waals surface area contributed by atoms with Gasteiger partial charge in [0.1, 0.15) is 0 Å². The summed E-state index contributed by atoms with van der Waals surface area (Å²) >= 11 is 1.78. The van der Waals surface area contributed by atoms with Crippen molar-refractivity contribution in [2.75, 3.05) is 0 Å². The van der Waals surface area contributed by atoms with Gasteiger partial charge in [-0.15, -0.1) is 0 Å². The van der Waals surface area contributed by atoms with Crippen LogP contribution in [0.4, 0.5) is 5.69 Å². The van der Waals surface area contributed by atoms with Gasteiger partial charge in [0.2, 0.25) is 5.69 Å². The summed E-state index contributed by atoms with van der Waals surface area (Å²) in [5.74, 6) is 0. The summed E-state index contributed by atoms with van der Waals surface area (Å²) in [5.41, 5.74) is 0.324. The SMILES string of the molecule is Cc1c(I)c([N+](=O)[O-])cc[n+]1[O-]. The first-order valence-electron chi connectivity index (χ1n) is 3.06. The van der Waals surface area contributed by atoms with Gasteiger partial charge >= 0.3 is 0 Å². The number of rotatable bonds is 1. The van der Waals surface area contributed by atoms with Gasteiger partial charge < -0.3 is 5.21 Å². The zero-order chi connectivity index (χ0) is 9.30. The van der Waals surface area contributed by atoms with Crippen LogP contribution in [0.25, 0.3) is 0 Å². The number of halogens is 1. The largest absolute Gasteiger partial charge is 0.618 e. The van der Waals surface area contributed by atoms with Gasteiger partial charge in [-0.3, -0.25) is 10.1 Å². The fraction of sp³-hybridized carbons (Fsp3) is 0.167. The Labute approximate surface area is 81.9 Å². The van der Waals surface area contributed by atoms with E-state index in [1.165, 1.54) is 6.07 Å². The highest BCUT2D eigenvalue weighted by Gasteiger charge is 2.18. The van der Waals surface area contributed by atoms with Gasteiger partial charge in [0.05, 0.1) is 11.0 Å². The van der Waals surface area contributed by atoms with Crippen LogP contribution in [-0.2, 0) is 0 Å². The van der Waals surface area contributed by atoms with Crippen LogP contribution in [0.5, 0.6) is 0 Å². The molecule has 64 valence electrons. The van der Waals surface area contributed by atoms with Crippen LogP contribution in [0.15, 0.2) is 12.3 Å². The van der Waals surface area contributed by atoms with E-state index in [9.17, 15) is 15.3 Å². The molecular formula is C6H5IN2O3. The Morgan fingerprint density at radius 1 is 1.67 bits per heavy atom. The highest BCUT2D eigenvalue weighted by atomic mass is 127. The monoisotopic (exact) mass is 280 g/mol. The first kappa shape index (κ1) is 9.17. The first-order chi connectivity index (χ1) is 5.54. The number of aromatic nitrogens is 1. The van der Waals surface area contributed by atoms with E-state index in [-0.39, 0.29) is 5.69 Å². The van der Waals surface area contributed by atoms with E-state index >= 15 is 0 Å². The van der Waals surface area contributed by atoms with Crippen LogP contribution in [0.1, 0.15) is 5.69 Å². The number of nitro groups is 1. The molecule has 0 spiro atoms. The third kappa shape index (κ3) is 1.47. The molecule has 0 unspecified atom stereocenters. The predicted octanol–water partition coefficient (Wildman–Crippen LogP) is 1.14. The molecule has 0 saturated carbocycles. The average Bonchev–Trinajstić information content (AvgIpc) is 2.00. The summed E-state index contributed by atoms with van der Waals surface area (Å²) in [6.45, 7) is 1.54.